The highest BCUT2D eigenvalue weighted by molar-refractivity contribution is 4.92. The minimum Gasteiger partial charge on any atom is -0.338 e. The molecule has 3 heteroatoms. The van der Waals surface area contributed by atoms with Gasteiger partial charge in [0.1, 0.15) is 5.82 Å². The van der Waals surface area contributed by atoms with Crippen LogP contribution in [0, 0.1) is 6.57 Å². The molecule has 0 saturated carbocycles. The summed E-state index contributed by atoms with van der Waals surface area (Å²) in [5.41, 5.74) is 0. The Bertz CT molecular complexity index is 244. The maximum atomic E-state index is 6.56. The monoisotopic (exact) mass is 135 g/mol. The van der Waals surface area contributed by atoms with E-state index >= 15 is 0 Å². The predicted octanol–water partition coefficient (Wildman–Crippen LogP) is 0.882. The van der Waals surface area contributed by atoms with Crippen LogP contribution in [0.4, 0.5) is 0 Å². The van der Waals surface area contributed by atoms with Gasteiger partial charge in [-0.15, -0.1) is 0 Å². The number of aromatic nitrogens is 2. The molecule has 0 bridgehead atoms. The van der Waals surface area contributed by atoms with Crippen molar-refractivity contribution in [3.8, 4) is 0 Å². The molecule has 1 aromatic rings. The second-order valence-corrected chi connectivity index (χ2v) is 2.09. The van der Waals surface area contributed by atoms with Gasteiger partial charge in [0.25, 0.3) is 0 Å². The molecule has 1 aromatic heterocycles. The van der Waals surface area contributed by atoms with E-state index < -0.39 is 0 Å². The van der Waals surface area contributed by atoms with Gasteiger partial charge in [0.15, 0.2) is 0 Å². The molecule has 3 nitrogen and oxygen atoms in total. The Labute approximate surface area is 60.1 Å². The van der Waals surface area contributed by atoms with Crippen LogP contribution in [-0.4, -0.2) is 16.1 Å². The highest BCUT2D eigenvalue weighted by Crippen LogP contribution is 1.94. The third-order valence-electron chi connectivity index (χ3n) is 1.37. The van der Waals surface area contributed by atoms with E-state index in [9.17, 15) is 0 Å². The maximum Gasteiger partial charge on any atom is 0.221 e. The van der Waals surface area contributed by atoms with Crippen LogP contribution in [0.15, 0.2) is 12.4 Å². The average Bonchev–Trinajstić information content (AvgIpc) is 2.31. The van der Waals surface area contributed by atoms with Gasteiger partial charge >= 0.3 is 0 Å². The van der Waals surface area contributed by atoms with Gasteiger partial charge in [0.2, 0.25) is 6.54 Å². The van der Waals surface area contributed by atoms with Gasteiger partial charge in [0, 0.05) is 19.4 Å². The number of hydrogen-bond donors (Lipinski definition) is 0. The number of nitrogens with zero attached hydrogens (tertiary/aromatic N) is 3. The van der Waals surface area contributed by atoms with E-state index in [0.29, 0.717) is 6.54 Å². The first-order valence-electron chi connectivity index (χ1n) is 3.14. The summed E-state index contributed by atoms with van der Waals surface area (Å²) in [7, 11) is 1.94. The summed E-state index contributed by atoms with van der Waals surface area (Å²) in [4.78, 5) is 7.32. The Morgan fingerprint density at radius 1 is 1.80 bits per heavy atom. The normalized spacial score (nSPS) is 9.20. The molecule has 0 atom stereocenters. The summed E-state index contributed by atoms with van der Waals surface area (Å²) in [5, 5.41) is 0. The first-order chi connectivity index (χ1) is 4.84. The first-order valence-corrected chi connectivity index (χ1v) is 3.14. The second kappa shape index (κ2) is 3.02. The Kier molecular flexibility index (Phi) is 2.06. The highest BCUT2D eigenvalue weighted by Gasteiger charge is 1.98. The molecular weight excluding hydrogens is 126 g/mol. The van der Waals surface area contributed by atoms with E-state index in [-0.39, 0.29) is 0 Å². The molecule has 0 aliphatic carbocycles. The summed E-state index contributed by atoms with van der Waals surface area (Å²) < 4.78 is 1.94. The molecule has 10 heavy (non-hydrogen) atoms. The van der Waals surface area contributed by atoms with Crippen molar-refractivity contribution in [2.45, 2.75) is 6.42 Å². The topological polar surface area (TPSA) is 22.2 Å². The summed E-state index contributed by atoms with van der Waals surface area (Å²) in [6.07, 6.45) is 4.39. The minimum atomic E-state index is 0.533. The lowest BCUT2D eigenvalue weighted by molar-refractivity contribution is 0.799. The molecule has 0 unspecified atom stereocenters. The van der Waals surface area contributed by atoms with Gasteiger partial charge in [-0.25, -0.2) is 11.6 Å². The van der Waals surface area contributed by atoms with E-state index in [4.69, 9.17) is 6.57 Å². The van der Waals surface area contributed by atoms with Crippen molar-refractivity contribution in [2.24, 2.45) is 7.05 Å². The standard InChI is InChI=1S/C7H9N3/c1-8-4-3-7-9-5-6-10(7)2/h5-6H,3-4H2,2H3. The Morgan fingerprint density at radius 2 is 2.60 bits per heavy atom. The van der Waals surface area contributed by atoms with Crippen LogP contribution in [0.1, 0.15) is 5.82 Å². The van der Waals surface area contributed by atoms with E-state index in [1.165, 1.54) is 0 Å². The van der Waals surface area contributed by atoms with E-state index in [1.807, 2.05) is 17.8 Å². The van der Waals surface area contributed by atoms with Crippen molar-refractivity contribution in [3.63, 3.8) is 0 Å². The van der Waals surface area contributed by atoms with Crippen LogP contribution in [-0.2, 0) is 13.5 Å². The molecule has 1 rings (SSSR count). The van der Waals surface area contributed by atoms with Gasteiger partial charge in [-0.2, -0.15) is 0 Å². The molecule has 0 amide bonds. The Hall–Kier alpha value is -1.30. The highest BCUT2D eigenvalue weighted by atomic mass is 15.0. The first kappa shape index (κ1) is 6.81. The smallest absolute Gasteiger partial charge is 0.221 e. The number of hydrogen-bond acceptors (Lipinski definition) is 1. The van der Waals surface area contributed by atoms with Gasteiger partial charge in [-0.3, -0.25) is 0 Å². The molecule has 0 N–H and O–H groups in total. The second-order valence-electron chi connectivity index (χ2n) is 2.09. The van der Waals surface area contributed by atoms with E-state index in [1.54, 1.807) is 6.20 Å². The zero-order valence-corrected chi connectivity index (χ0v) is 5.91. The Balaban J connectivity index is 2.59. The third kappa shape index (κ3) is 1.35. The van der Waals surface area contributed by atoms with Crippen LogP contribution in [0.2, 0.25) is 0 Å². The summed E-state index contributed by atoms with van der Waals surface area (Å²) >= 11 is 0. The van der Waals surface area contributed by atoms with Crippen molar-refractivity contribution in [1.82, 2.24) is 9.55 Å². The van der Waals surface area contributed by atoms with Gasteiger partial charge in [-0.05, 0) is 0 Å². The summed E-state index contributed by atoms with van der Waals surface area (Å²) in [5.74, 6) is 0.982. The molecule has 0 saturated heterocycles. The fourth-order valence-corrected chi connectivity index (χ4v) is 0.793. The molecule has 0 aliphatic rings. The molecule has 1 heterocycles. The molecule has 0 fully saturated rings. The van der Waals surface area contributed by atoms with Crippen LogP contribution < -0.4 is 0 Å². The summed E-state index contributed by atoms with van der Waals surface area (Å²) in [6, 6.07) is 0. The molecule has 0 spiro atoms. The molecule has 0 radical (unpaired) electrons. The largest absolute Gasteiger partial charge is 0.338 e. The van der Waals surface area contributed by atoms with Crippen LogP contribution in [0.3, 0.4) is 0 Å². The molecule has 0 aliphatic heterocycles. The summed E-state index contributed by atoms with van der Waals surface area (Å²) in [6.45, 7) is 7.10. The predicted molar refractivity (Wildman–Crippen MR) is 38.4 cm³/mol. The van der Waals surface area contributed by atoms with Crippen LogP contribution in [0.5, 0.6) is 0 Å². The molecule has 52 valence electrons. The van der Waals surface area contributed by atoms with Crippen molar-refractivity contribution in [3.05, 3.63) is 29.6 Å². The average molecular weight is 135 g/mol. The number of imidazole rings is 1. The quantitative estimate of drug-likeness (QED) is 0.552. The SMILES string of the molecule is [C-]#[N+]CCc1nccn1C. The lowest BCUT2D eigenvalue weighted by atomic mass is 10.4. The van der Waals surface area contributed by atoms with Crippen molar-refractivity contribution >= 4 is 0 Å². The third-order valence-corrected chi connectivity index (χ3v) is 1.37. The van der Waals surface area contributed by atoms with Crippen molar-refractivity contribution in [1.29, 1.82) is 0 Å². The molecular formula is C7H9N3. The lowest BCUT2D eigenvalue weighted by Gasteiger charge is -1.93. The fourth-order valence-electron chi connectivity index (χ4n) is 0.793. The maximum absolute atomic E-state index is 6.56. The van der Waals surface area contributed by atoms with Gasteiger partial charge in [-0.1, -0.05) is 0 Å². The fraction of sp³-hybridized carbons (Fsp3) is 0.429. The van der Waals surface area contributed by atoms with Gasteiger partial charge < -0.3 is 9.41 Å². The van der Waals surface area contributed by atoms with Crippen LogP contribution in [0.25, 0.3) is 4.85 Å². The van der Waals surface area contributed by atoms with Crippen LogP contribution >= 0.6 is 0 Å². The van der Waals surface area contributed by atoms with Crippen molar-refractivity contribution < 1.29 is 0 Å². The van der Waals surface area contributed by atoms with E-state index in [2.05, 4.69) is 9.83 Å². The zero-order chi connectivity index (χ0) is 7.40. The zero-order valence-electron chi connectivity index (χ0n) is 5.91. The lowest BCUT2D eigenvalue weighted by Crippen LogP contribution is -1.98. The molecule has 0 aromatic carbocycles. The van der Waals surface area contributed by atoms with Gasteiger partial charge in [0.05, 0.1) is 6.42 Å². The number of aryl methyl sites for hydroxylation is 1. The van der Waals surface area contributed by atoms with E-state index in [0.717, 1.165) is 12.2 Å². The Morgan fingerprint density at radius 3 is 3.10 bits per heavy atom. The van der Waals surface area contributed by atoms with Crippen molar-refractivity contribution in [2.75, 3.05) is 6.54 Å². The number of rotatable bonds is 2. The minimum absolute atomic E-state index is 0.533.